The first-order valence-electron chi connectivity index (χ1n) is 6.92. The Morgan fingerprint density at radius 3 is 2.52 bits per heavy atom. The summed E-state index contributed by atoms with van der Waals surface area (Å²) >= 11 is 0. The number of hydrogen-bond acceptors (Lipinski definition) is 6. The average Bonchev–Trinajstić information content (AvgIpc) is 2.40. The summed E-state index contributed by atoms with van der Waals surface area (Å²) < 4.78 is 0. The fraction of sp³-hybridized carbons (Fsp3) is 0.571. The molecule has 0 spiro atoms. The summed E-state index contributed by atoms with van der Waals surface area (Å²) in [5.74, 6) is -0.265. The van der Waals surface area contributed by atoms with Crippen LogP contribution in [0, 0.1) is 0 Å². The molecule has 1 unspecified atom stereocenters. The zero-order chi connectivity index (χ0) is 15.6. The number of amides is 2. The summed E-state index contributed by atoms with van der Waals surface area (Å²) in [4.78, 5) is 33.2. The lowest BCUT2D eigenvalue weighted by Gasteiger charge is -2.31. The molecular weight excluding hydrogens is 270 g/mol. The van der Waals surface area contributed by atoms with Crippen LogP contribution in [-0.4, -0.2) is 39.9 Å². The Bertz CT molecular complexity index is 535. The Morgan fingerprint density at radius 2 is 1.95 bits per heavy atom. The van der Waals surface area contributed by atoms with Crippen molar-refractivity contribution in [2.24, 2.45) is 0 Å². The largest absolute Gasteiger partial charge is 0.320 e. The van der Waals surface area contributed by atoms with Gasteiger partial charge in [-0.3, -0.25) is 14.9 Å². The molecular formula is C14H21N5O2. The van der Waals surface area contributed by atoms with Gasteiger partial charge in [-0.1, -0.05) is 0 Å². The quantitative estimate of drug-likeness (QED) is 0.775. The van der Waals surface area contributed by atoms with Crippen LogP contribution in [0.3, 0.4) is 0 Å². The molecule has 1 fully saturated rings. The molecule has 0 aliphatic carbocycles. The van der Waals surface area contributed by atoms with Crippen LogP contribution in [0.4, 0.5) is 5.95 Å². The van der Waals surface area contributed by atoms with E-state index in [1.165, 1.54) is 0 Å². The highest BCUT2D eigenvalue weighted by molar-refractivity contribution is 6.04. The van der Waals surface area contributed by atoms with Gasteiger partial charge in [0.25, 0.3) is 0 Å². The smallest absolute Gasteiger partial charge is 0.249 e. The van der Waals surface area contributed by atoms with Crippen LogP contribution in [0.2, 0.25) is 0 Å². The van der Waals surface area contributed by atoms with Gasteiger partial charge in [0.15, 0.2) is 0 Å². The van der Waals surface area contributed by atoms with Crippen LogP contribution in [0.15, 0.2) is 12.4 Å². The highest BCUT2D eigenvalue weighted by Gasteiger charge is 2.31. The van der Waals surface area contributed by atoms with E-state index in [0.29, 0.717) is 12.5 Å². The third-order valence-electron chi connectivity index (χ3n) is 3.19. The molecule has 7 heteroatoms. The second kappa shape index (κ2) is 5.77. The van der Waals surface area contributed by atoms with E-state index >= 15 is 0 Å². The van der Waals surface area contributed by atoms with E-state index in [9.17, 15) is 9.59 Å². The minimum Gasteiger partial charge on any atom is -0.320 e. The number of aromatic nitrogens is 2. The molecule has 1 aliphatic heterocycles. The molecule has 2 heterocycles. The number of nitrogens with one attached hydrogen (secondary N) is 2. The molecule has 0 aromatic carbocycles. The lowest BCUT2D eigenvalue weighted by Crippen LogP contribution is -2.57. The summed E-state index contributed by atoms with van der Waals surface area (Å²) in [6.07, 6.45) is 3.43. The normalized spacial score (nSPS) is 19.6. The molecule has 114 valence electrons. The van der Waals surface area contributed by atoms with Gasteiger partial charge in [-0.2, -0.15) is 0 Å². The van der Waals surface area contributed by atoms with Crippen molar-refractivity contribution in [1.82, 2.24) is 20.6 Å². The Hall–Kier alpha value is -2.02. The van der Waals surface area contributed by atoms with Gasteiger partial charge in [-0.15, -0.1) is 0 Å². The maximum atomic E-state index is 11.6. The molecule has 2 N–H and O–H groups in total. The van der Waals surface area contributed by atoms with Gasteiger partial charge in [-0.25, -0.2) is 9.97 Å². The number of nitrogens with zero attached hydrogens (tertiary/aromatic N) is 3. The molecule has 0 radical (unpaired) electrons. The summed E-state index contributed by atoms with van der Waals surface area (Å²) in [5.41, 5.74) is 0.971. The molecule has 1 aromatic rings. The maximum Gasteiger partial charge on any atom is 0.249 e. The highest BCUT2D eigenvalue weighted by Crippen LogP contribution is 2.14. The minimum absolute atomic E-state index is 0.0184. The average molecular weight is 291 g/mol. The number of imide groups is 1. The van der Waals surface area contributed by atoms with Crippen molar-refractivity contribution in [1.29, 1.82) is 0 Å². The Morgan fingerprint density at radius 1 is 1.33 bits per heavy atom. The van der Waals surface area contributed by atoms with E-state index in [4.69, 9.17) is 0 Å². The van der Waals surface area contributed by atoms with Crippen molar-refractivity contribution in [2.75, 3.05) is 11.4 Å². The number of anilines is 1. The number of carbonyl (C=O) groups is 2. The van der Waals surface area contributed by atoms with Crippen LogP contribution in [0.25, 0.3) is 0 Å². The van der Waals surface area contributed by atoms with Crippen molar-refractivity contribution < 1.29 is 9.59 Å². The molecule has 2 rings (SSSR count). The van der Waals surface area contributed by atoms with Gasteiger partial charge >= 0.3 is 0 Å². The molecule has 2 amide bonds. The fourth-order valence-electron chi connectivity index (χ4n) is 1.91. The first-order chi connectivity index (χ1) is 9.76. The first kappa shape index (κ1) is 15.4. The second-order valence-electron chi connectivity index (χ2n) is 6.21. The minimum atomic E-state index is -0.457. The van der Waals surface area contributed by atoms with Crippen molar-refractivity contribution in [2.45, 2.75) is 45.8 Å². The van der Waals surface area contributed by atoms with Gasteiger partial charge < -0.3 is 10.2 Å². The van der Waals surface area contributed by atoms with Crippen LogP contribution in [0.1, 0.15) is 33.3 Å². The van der Waals surface area contributed by atoms with Crippen molar-refractivity contribution in [3.05, 3.63) is 18.0 Å². The van der Waals surface area contributed by atoms with E-state index in [1.54, 1.807) is 24.2 Å². The SMILES string of the molecule is CC1C(=O)NC(=O)CN1c1ncc(CNC(C)(C)C)cn1. The van der Waals surface area contributed by atoms with Crippen molar-refractivity contribution in [3.63, 3.8) is 0 Å². The van der Waals surface area contributed by atoms with Crippen molar-refractivity contribution in [3.8, 4) is 0 Å². The van der Waals surface area contributed by atoms with Crippen molar-refractivity contribution >= 4 is 17.8 Å². The predicted octanol–water partition coefficient (Wildman–Crippen LogP) is 0.216. The number of rotatable bonds is 3. The van der Waals surface area contributed by atoms with Crippen LogP contribution < -0.4 is 15.5 Å². The second-order valence-corrected chi connectivity index (χ2v) is 6.21. The van der Waals surface area contributed by atoms with Gasteiger partial charge in [-0.05, 0) is 27.7 Å². The number of carbonyl (C=O) groups excluding carboxylic acids is 2. The fourth-order valence-corrected chi connectivity index (χ4v) is 1.91. The summed E-state index contributed by atoms with van der Waals surface area (Å²) in [6, 6.07) is -0.457. The third-order valence-corrected chi connectivity index (χ3v) is 3.19. The van der Waals surface area contributed by atoms with E-state index in [0.717, 1.165) is 5.56 Å². The van der Waals surface area contributed by atoms with E-state index in [2.05, 4.69) is 41.4 Å². The predicted molar refractivity (Wildman–Crippen MR) is 78.6 cm³/mol. The number of piperazine rings is 1. The van der Waals surface area contributed by atoms with Crippen LogP contribution >= 0.6 is 0 Å². The molecule has 1 saturated heterocycles. The Kier molecular flexibility index (Phi) is 4.22. The molecule has 7 nitrogen and oxygen atoms in total. The molecule has 1 aliphatic rings. The lowest BCUT2D eigenvalue weighted by atomic mass is 10.1. The van der Waals surface area contributed by atoms with E-state index < -0.39 is 6.04 Å². The monoisotopic (exact) mass is 291 g/mol. The Labute approximate surface area is 124 Å². The van der Waals surface area contributed by atoms with Crippen LogP contribution in [0.5, 0.6) is 0 Å². The third kappa shape index (κ3) is 3.98. The Balaban J connectivity index is 2.07. The molecule has 1 atom stereocenters. The van der Waals surface area contributed by atoms with E-state index in [1.807, 2.05) is 0 Å². The van der Waals surface area contributed by atoms with Gasteiger partial charge in [0, 0.05) is 30.0 Å². The zero-order valence-corrected chi connectivity index (χ0v) is 12.8. The molecule has 21 heavy (non-hydrogen) atoms. The lowest BCUT2D eigenvalue weighted by molar-refractivity contribution is -0.132. The molecule has 0 bridgehead atoms. The van der Waals surface area contributed by atoms with E-state index in [-0.39, 0.29) is 23.9 Å². The first-order valence-corrected chi connectivity index (χ1v) is 6.92. The van der Waals surface area contributed by atoms with Gasteiger partial charge in [0.1, 0.15) is 12.6 Å². The molecule has 1 aromatic heterocycles. The van der Waals surface area contributed by atoms with Gasteiger partial charge in [0.2, 0.25) is 17.8 Å². The summed E-state index contributed by atoms with van der Waals surface area (Å²) in [5, 5.41) is 5.64. The number of hydrogen-bond donors (Lipinski definition) is 2. The summed E-state index contributed by atoms with van der Waals surface area (Å²) in [7, 11) is 0. The standard InChI is InChI=1S/C14H21N5O2/c1-9-12(21)18-11(20)8-19(9)13-15-5-10(6-16-13)7-17-14(2,3)4/h5-6,9,17H,7-8H2,1-4H3,(H,18,20,21). The van der Waals surface area contributed by atoms with Crippen LogP contribution in [-0.2, 0) is 16.1 Å². The molecule has 0 saturated carbocycles. The zero-order valence-electron chi connectivity index (χ0n) is 12.8. The summed E-state index contributed by atoms with van der Waals surface area (Å²) in [6.45, 7) is 8.73. The topological polar surface area (TPSA) is 87.2 Å². The van der Waals surface area contributed by atoms with Gasteiger partial charge in [0.05, 0.1) is 0 Å². The highest BCUT2D eigenvalue weighted by atomic mass is 16.2. The maximum absolute atomic E-state index is 11.6.